The van der Waals surface area contributed by atoms with Gasteiger partial charge in [0.2, 0.25) is 17.7 Å². The number of aryl methyl sites for hydroxylation is 1. The van der Waals surface area contributed by atoms with Crippen molar-refractivity contribution in [1.82, 2.24) is 15.5 Å². The van der Waals surface area contributed by atoms with Crippen LogP contribution < -0.4 is 20.3 Å². The van der Waals surface area contributed by atoms with E-state index in [1.807, 2.05) is 36.1 Å². The zero-order valence-electron chi connectivity index (χ0n) is 23.2. The van der Waals surface area contributed by atoms with E-state index in [1.165, 1.54) is 12.0 Å². The van der Waals surface area contributed by atoms with Crippen LogP contribution in [0.1, 0.15) is 43.2 Å². The van der Waals surface area contributed by atoms with Crippen molar-refractivity contribution in [1.29, 1.82) is 0 Å². The van der Waals surface area contributed by atoms with Crippen LogP contribution in [0.2, 0.25) is 0 Å². The minimum absolute atomic E-state index is 0.0482. The molecular formula is C30H38N4O6. The summed E-state index contributed by atoms with van der Waals surface area (Å²) in [5.41, 5.74) is 2.40. The topological polar surface area (TPSA) is 117 Å². The molecule has 0 spiro atoms. The number of carbonyl (C=O) groups is 4. The van der Waals surface area contributed by atoms with Gasteiger partial charge < -0.3 is 25.0 Å². The van der Waals surface area contributed by atoms with Crippen LogP contribution >= 0.6 is 0 Å². The Morgan fingerprint density at radius 3 is 2.67 bits per heavy atom. The molecule has 0 radical (unpaired) electrons. The van der Waals surface area contributed by atoms with Crippen molar-refractivity contribution < 1.29 is 28.7 Å². The number of benzene rings is 2. The Morgan fingerprint density at radius 2 is 1.90 bits per heavy atom. The first-order chi connectivity index (χ1) is 19.3. The monoisotopic (exact) mass is 550 g/mol. The van der Waals surface area contributed by atoms with Crippen molar-refractivity contribution in [3.63, 3.8) is 0 Å². The molecule has 2 aromatic carbocycles. The number of fused-ring (bicyclic) bond motifs is 4. The summed E-state index contributed by atoms with van der Waals surface area (Å²) in [6.07, 6.45) is 2.12. The fourth-order valence-corrected chi connectivity index (χ4v) is 5.13. The van der Waals surface area contributed by atoms with Gasteiger partial charge in [-0.2, -0.15) is 0 Å². The first kappa shape index (κ1) is 28.9. The Balaban J connectivity index is 1.58. The lowest BCUT2D eigenvalue weighted by atomic mass is 9.95. The maximum Gasteiger partial charge on any atom is 0.414 e. The molecule has 214 valence electrons. The summed E-state index contributed by atoms with van der Waals surface area (Å²) in [6, 6.07) is 13.5. The van der Waals surface area contributed by atoms with Gasteiger partial charge in [-0.3, -0.25) is 19.3 Å². The molecule has 2 aliphatic rings. The fraction of sp³-hybridized carbons (Fsp3) is 0.467. The quantitative estimate of drug-likeness (QED) is 0.606. The molecule has 4 rings (SSSR count). The van der Waals surface area contributed by atoms with Crippen molar-refractivity contribution in [3.8, 4) is 5.75 Å². The van der Waals surface area contributed by atoms with Crippen LogP contribution in [-0.2, 0) is 25.7 Å². The predicted octanol–water partition coefficient (Wildman–Crippen LogP) is 3.17. The molecule has 2 N–H and O–H groups in total. The molecule has 2 atom stereocenters. The second-order valence-electron chi connectivity index (χ2n) is 10.3. The van der Waals surface area contributed by atoms with Crippen LogP contribution in [0.3, 0.4) is 0 Å². The van der Waals surface area contributed by atoms with E-state index in [0.717, 1.165) is 30.4 Å². The summed E-state index contributed by atoms with van der Waals surface area (Å²) in [6.45, 7) is 3.88. The number of hydrogen-bond donors (Lipinski definition) is 2. The second-order valence-corrected chi connectivity index (χ2v) is 10.3. The van der Waals surface area contributed by atoms with Gasteiger partial charge in [-0.25, -0.2) is 4.79 Å². The molecule has 0 aromatic heterocycles. The van der Waals surface area contributed by atoms with E-state index in [1.54, 1.807) is 24.3 Å². The van der Waals surface area contributed by atoms with Crippen LogP contribution in [0, 0.1) is 12.8 Å². The molecule has 0 aliphatic carbocycles. The third-order valence-electron chi connectivity index (χ3n) is 7.49. The minimum atomic E-state index is -1.08. The first-order valence-electron chi connectivity index (χ1n) is 13.8. The lowest BCUT2D eigenvalue weighted by Gasteiger charge is -2.33. The van der Waals surface area contributed by atoms with E-state index in [9.17, 15) is 19.2 Å². The third-order valence-corrected chi connectivity index (χ3v) is 7.49. The highest BCUT2D eigenvalue weighted by atomic mass is 16.5. The van der Waals surface area contributed by atoms with Gasteiger partial charge in [0.25, 0.3) is 0 Å². The largest absolute Gasteiger partial charge is 0.494 e. The van der Waals surface area contributed by atoms with E-state index >= 15 is 0 Å². The molecule has 10 heteroatoms. The Kier molecular flexibility index (Phi) is 9.99. The molecular weight excluding hydrogens is 512 g/mol. The molecule has 40 heavy (non-hydrogen) atoms. The number of para-hydroxylation sites is 1. The predicted molar refractivity (Wildman–Crippen MR) is 150 cm³/mol. The molecule has 2 heterocycles. The Morgan fingerprint density at radius 1 is 1.10 bits per heavy atom. The number of nitrogens with one attached hydrogen (secondary N) is 2. The van der Waals surface area contributed by atoms with Crippen molar-refractivity contribution in [3.05, 3.63) is 59.7 Å². The SMILES string of the molecule is COC(=O)N(CC1NC(=O)CCC(=O)N2CCCC(CCOc3ccc(C)c(c3)CNC1=O)C2)c1ccccc1. The van der Waals surface area contributed by atoms with Crippen LogP contribution in [-0.4, -0.2) is 68.1 Å². The van der Waals surface area contributed by atoms with Gasteiger partial charge in [-0.15, -0.1) is 0 Å². The molecule has 2 aromatic rings. The van der Waals surface area contributed by atoms with Crippen molar-refractivity contribution in [2.75, 3.05) is 38.3 Å². The van der Waals surface area contributed by atoms with E-state index < -0.39 is 23.9 Å². The van der Waals surface area contributed by atoms with Crippen molar-refractivity contribution in [2.24, 2.45) is 5.92 Å². The zero-order chi connectivity index (χ0) is 28.5. The van der Waals surface area contributed by atoms with Crippen LogP contribution in [0.15, 0.2) is 48.5 Å². The molecule has 0 saturated carbocycles. The summed E-state index contributed by atoms with van der Waals surface area (Å²) in [5.74, 6) is 0.0844. The van der Waals surface area contributed by atoms with Gasteiger partial charge in [0.05, 0.1) is 20.3 Å². The maximum absolute atomic E-state index is 13.4. The van der Waals surface area contributed by atoms with Gasteiger partial charge in [0.15, 0.2) is 0 Å². The van der Waals surface area contributed by atoms with Gasteiger partial charge in [0.1, 0.15) is 11.8 Å². The summed E-state index contributed by atoms with van der Waals surface area (Å²) < 4.78 is 11.0. The molecule has 4 bridgehead atoms. The summed E-state index contributed by atoms with van der Waals surface area (Å²) in [7, 11) is 1.26. The van der Waals surface area contributed by atoms with Gasteiger partial charge in [0, 0.05) is 38.2 Å². The fourth-order valence-electron chi connectivity index (χ4n) is 5.13. The smallest absolute Gasteiger partial charge is 0.414 e. The second kappa shape index (κ2) is 13.8. The third kappa shape index (κ3) is 7.74. The number of rotatable bonds is 3. The normalized spacial score (nSPS) is 20.8. The summed E-state index contributed by atoms with van der Waals surface area (Å²) in [5, 5.41) is 5.65. The summed E-state index contributed by atoms with van der Waals surface area (Å²) >= 11 is 0. The molecule has 10 nitrogen and oxygen atoms in total. The van der Waals surface area contributed by atoms with E-state index in [-0.39, 0.29) is 31.8 Å². The average Bonchev–Trinajstić information content (AvgIpc) is 2.97. The number of ether oxygens (including phenoxy) is 2. The highest BCUT2D eigenvalue weighted by Crippen LogP contribution is 2.23. The Labute approximate surface area is 235 Å². The first-order valence-corrected chi connectivity index (χ1v) is 13.8. The van der Waals surface area contributed by atoms with Crippen LogP contribution in [0.4, 0.5) is 10.5 Å². The number of hydrogen-bond acceptors (Lipinski definition) is 6. The lowest BCUT2D eigenvalue weighted by Crippen LogP contribution is -2.54. The number of nitrogens with zero attached hydrogens (tertiary/aromatic N) is 2. The molecule has 2 aliphatic heterocycles. The highest BCUT2D eigenvalue weighted by Gasteiger charge is 2.29. The zero-order valence-corrected chi connectivity index (χ0v) is 23.2. The number of methoxy groups -OCH3 is 1. The number of piperidine rings is 1. The molecule has 4 amide bonds. The van der Waals surface area contributed by atoms with E-state index in [2.05, 4.69) is 10.6 Å². The van der Waals surface area contributed by atoms with Gasteiger partial charge in [-0.1, -0.05) is 24.3 Å². The number of amides is 4. The van der Waals surface area contributed by atoms with Crippen LogP contribution in [0.25, 0.3) is 0 Å². The van der Waals surface area contributed by atoms with Gasteiger partial charge >= 0.3 is 6.09 Å². The maximum atomic E-state index is 13.4. The standard InChI is InChI=1S/C30H38N4O6/c1-21-10-11-25-17-23(21)18-31-29(37)26(20-34(30(38)39-2)24-8-4-3-5-9-24)32-27(35)12-13-28(36)33-15-6-7-22(19-33)14-16-40-25/h3-5,8-11,17,22,26H,6-7,12-16,18-20H2,1-2H3,(H,31,37)(H,32,35). The van der Waals surface area contributed by atoms with Crippen LogP contribution in [0.5, 0.6) is 5.75 Å². The minimum Gasteiger partial charge on any atom is -0.494 e. The van der Waals surface area contributed by atoms with Crippen molar-refractivity contribution in [2.45, 2.75) is 51.6 Å². The molecule has 1 fully saturated rings. The number of anilines is 1. The van der Waals surface area contributed by atoms with Gasteiger partial charge in [-0.05, 0) is 67.5 Å². The van der Waals surface area contributed by atoms with E-state index in [4.69, 9.17) is 9.47 Å². The summed E-state index contributed by atoms with van der Waals surface area (Å²) in [4.78, 5) is 55.1. The van der Waals surface area contributed by atoms with Crippen molar-refractivity contribution >= 4 is 29.5 Å². The molecule has 1 saturated heterocycles. The highest BCUT2D eigenvalue weighted by molar-refractivity contribution is 5.93. The Bertz CT molecular complexity index is 1200. The Hall–Kier alpha value is -4.08. The molecule has 2 unspecified atom stereocenters. The van der Waals surface area contributed by atoms with E-state index in [0.29, 0.717) is 37.1 Å². The average molecular weight is 551 g/mol. The number of carbonyl (C=O) groups excluding carboxylic acids is 4. The lowest BCUT2D eigenvalue weighted by molar-refractivity contribution is -0.135.